The largest absolute Gasteiger partial charge is 0.471 e. The highest BCUT2D eigenvalue weighted by molar-refractivity contribution is 5.89. The van der Waals surface area contributed by atoms with Crippen molar-refractivity contribution >= 4 is 11.8 Å². The third-order valence-corrected chi connectivity index (χ3v) is 4.00. The van der Waals surface area contributed by atoms with Crippen molar-refractivity contribution < 1.29 is 14.3 Å². The lowest BCUT2D eigenvalue weighted by Crippen LogP contribution is -2.57. The Morgan fingerprint density at radius 1 is 1.33 bits per heavy atom. The highest BCUT2D eigenvalue weighted by atomic mass is 16.5. The Balaban J connectivity index is 1.49. The third kappa shape index (κ3) is 2.84. The van der Waals surface area contributed by atoms with Crippen LogP contribution in [-0.4, -0.2) is 59.4 Å². The van der Waals surface area contributed by atoms with Crippen LogP contribution in [0.3, 0.4) is 0 Å². The number of hydrogen-bond donors (Lipinski definition) is 0. The van der Waals surface area contributed by atoms with Gasteiger partial charge in [0.2, 0.25) is 17.7 Å². The van der Waals surface area contributed by atoms with Gasteiger partial charge in [0.25, 0.3) is 0 Å². The molecule has 3 rings (SSSR count). The fourth-order valence-corrected chi connectivity index (χ4v) is 2.73. The molecular weight excluding hydrogens is 270 g/mol. The van der Waals surface area contributed by atoms with Gasteiger partial charge in [-0.2, -0.15) is 0 Å². The van der Waals surface area contributed by atoms with Crippen LogP contribution in [0.4, 0.5) is 0 Å². The lowest BCUT2D eigenvalue weighted by Gasteiger charge is -2.39. The zero-order chi connectivity index (χ0) is 15.0. The molecule has 1 unspecified atom stereocenters. The van der Waals surface area contributed by atoms with Crippen LogP contribution in [0, 0.1) is 12.8 Å². The van der Waals surface area contributed by atoms with E-state index in [2.05, 4.69) is 4.98 Å². The molecule has 0 aromatic carbocycles. The molecule has 0 bridgehead atoms. The van der Waals surface area contributed by atoms with Crippen LogP contribution in [0.5, 0.6) is 5.88 Å². The van der Waals surface area contributed by atoms with Crippen LogP contribution in [0.2, 0.25) is 0 Å². The second-order valence-electron chi connectivity index (χ2n) is 5.78. The highest BCUT2D eigenvalue weighted by Gasteiger charge is 2.40. The second-order valence-corrected chi connectivity index (χ2v) is 5.78. The van der Waals surface area contributed by atoms with E-state index in [0.29, 0.717) is 31.9 Å². The van der Waals surface area contributed by atoms with Crippen LogP contribution < -0.4 is 4.74 Å². The maximum Gasteiger partial charge on any atom is 0.228 e. The molecule has 1 atom stereocenters. The van der Waals surface area contributed by atoms with Crippen LogP contribution in [0.1, 0.15) is 12.1 Å². The maximum atomic E-state index is 12.2. The van der Waals surface area contributed by atoms with Crippen molar-refractivity contribution in [3.8, 4) is 5.88 Å². The van der Waals surface area contributed by atoms with E-state index >= 15 is 0 Å². The zero-order valence-corrected chi connectivity index (χ0v) is 12.3. The lowest BCUT2D eigenvalue weighted by molar-refractivity contribution is -0.144. The Morgan fingerprint density at radius 2 is 2.10 bits per heavy atom. The van der Waals surface area contributed by atoms with E-state index in [4.69, 9.17) is 4.74 Å². The predicted molar refractivity (Wildman–Crippen MR) is 75.7 cm³/mol. The van der Waals surface area contributed by atoms with Crippen LogP contribution in [-0.2, 0) is 9.59 Å². The van der Waals surface area contributed by atoms with E-state index in [0.717, 1.165) is 5.69 Å². The number of nitrogens with zero attached hydrogens (tertiary/aromatic N) is 3. The van der Waals surface area contributed by atoms with Gasteiger partial charge >= 0.3 is 0 Å². The van der Waals surface area contributed by atoms with Gasteiger partial charge in [0.1, 0.15) is 6.10 Å². The fourth-order valence-electron chi connectivity index (χ4n) is 2.73. The second kappa shape index (κ2) is 5.35. The Hall–Kier alpha value is -2.11. The first-order valence-corrected chi connectivity index (χ1v) is 7.16. The number of carbonyl (C=O) groups is 2. The summed E-state index contributed by atoms with van der Waals surface area (Å²) < 4.78 is 5.73. The normalized spacial score (nSPS) is 22.4. The van der Waals surface area contributed by atoms with Gasteiger partial charge in [-0.05, 0) is 13.0 Å². The molecule has 0 N–H and O–H groups in total. The summed E-state index contributed by atoms with van der Waals surface area (Å²) in [4.78, 5) is 31.4. The Labute approximate surface area is 123 Å². The SMILES string of the molecule is Cc1cccc(OC2CN(C(=O)C3CC(=O)N(C)C3)C2)n1. The third-order valence-electron chi connectivity index (χ3n) is 4.00. The number of carbonyl (C=O) groups excluding carboxylic acids is 2. The van der Waals surface area contributed by atoms with Gasteiger partial charge in [-0.1, -0.05) is 6.07 Å². The molecule has 21 heavy (non-hydrogen) atoms. The molecule has 2 amide bonds. The number of rotatable bonds is 3. The summed E-state index contributed by atoms with van der Waals surface area (Å²) in [6.45, 7) is 3.59. The summed E-state index contributed by atoms with van der Waals surface area (Å²) in [5.74, 6) is 0.513. The van der Waals surface area contributed by atoms with E-state index in [-0.39, 0.29) is 23.8 Å². The van der Waals surface area contributed by atoms with Gasteiger partial charge in [-0.3, -0.25) is 9.59 Å². The predicted octanol–water partition coefficient (Wildman–Crippen LogP) is 0.458. The average molecular weight is 289 g/mol. The minimum atomic E-state index is -0.194. The summed E-state index contributed by atoms with van der Waals surface area (Å²) in [7, 11) is 1.74. The molecule has 0 aliphatic carbocycles. The molecule has 1 aromatic rings. The van der Waals surface area contributed by atoms with Crippen LogP contribution >= 0.6 is 0 Å². The van der Waals surface area contributed by atoms with Crippen molar-refractivity contribution in [2.24, 2.45) is 5.92 Å². The Kier molecular flexibility index (Phi) is 3.53. The van der Waals surface area contributed by atoms with Gasteiger partial charge < -0.3 is 14.5 Å². The van der Waals surface area contributed by atoms with Crippen molar-refractivity contribution in [3.63, 3.8) is 0 Å². The molecule has 2 saturated heterocycles. The molecular formula is C15H19N3O3. The lowest BCUT2D eigenvalue weighted by atomic mass is 10.0. The number of aryl methyl sites for hydroxylation is 1. The number of likely N-dealkylation sites (tertiary alicyclic amines) is 2. The molecule has 0 spiro atoms. The van der Waals surface area contributed by atoms with Gasteiger partial charge in [-0.25, -0.2) is 4.98 Å². The quantitative estimate of drug-likeness (QED) is 0.811. The minimum absolute atomic E-state index is 0.00177. The molecule has 0 saturated carbocycles. The van der Waals surface area contributed by atoms with Crippen molar-refractivity contribution in [2.75, 3.05) is 26.7 Å². The minimum Gasteiger partial charge on any atom is -0.471 e. The molecule has 2 aliphatic rings. The smallest absolute Gasteiger partial charge is 0.228 e. The Morgan fingerprint density at radius 3 is 2.71 bits per heavy atom. The standard InChI is InChI=1S/C15H19N3O3/c1-10-4-3-5-13(16-10)21-12-8-18(9-12)15(20)11-6-14(19)17(2)7-11/h3-5,11-12H,6-9H2,1-2H3. The van der Waals surface area contributed by atoms with Crippen LogP contribution in [0.15, 0.2) is 18.2 Å². The van der Waals surface area contributed by atoms with Crippen LogP contribution in [0.25, 0.3) is 0 Å². The maximum absolute atomic E-state index is 12.2. The first-order valence-electron chi connectivity index (χ1n) is 7.16. The number of ether oxygens (including phenoxy) is 1. The molecule has 6 nitrogen and oxygen atoms in total. The number of aromatic nitrogens is 1. The first kappa shape index (κ1) is 13.9. The summed E-state index contributed by atoms with van der Waals surface area (Å²) >= 11 is 0. The molecule has 112 valence electrons. The van der Waals surface area contributed by atoms with Gasteiger partial charge in [0, 0.05) is 31.8 Å². The monoisotopic (exact) mass is 289 g/mol. The molecule has 6 heteroatoms. The van der Waals surface area contributed by atoms with E-state index in [1.54, 1.807) is 16.8 Å². The van der Waals surface area contributed by atoms with Gasteiger partial charge in [0.15, 0.2) is 0 Å². The van der Waals surface area contributed by atoms with Crippen molar-refractivity contribution in [1.82, 2.24) is 14.8 Å². The topological polar surface area (TPSA) is 62.7 Å². The van der Waals surface area contributed by atoms with E-state index in [1.165, 1.54) is 0 Å². The van der Waals surface area contributed by atoms with Crippen molar-refractivity contribution in [2.45, 2.75) is 19.4 Å². The summed E-state index contributed by atoms with van der Waals surface area (Å²) in [5, 5.41) is 0. The van der Waals surface area contributed by atoms with E-state index in [9.17, 15) is 9.59 Å². The zero-order valence-electron chi connectivity index (χ0n) is 12.3. The molecule has 1 aromatic heterocycles. The summed E-state index contributed by atoms with van der Waals surface area (Å²) in [6, 6.07) is 5.64. The van der Waals surface area contributed by atoms with Crippen molar-refractivity contribution in [3.05, 3.63) is 23.9 Å². The molecule has 3 heterocycles. The molecule has 2 aliphatic heterocycles. The molecule has 0 radical (unpaired) electrons. The van der Waals surface area contributed by atoms with Crippen molar-refractivity contribution in [1.29, 1.82) is 0 Å². The van der Waals surface area contributed by atoms with E-state index < -0.39 is 0 Å². The number of pyridine rings is 1. The number of amides is 2. The highest BCUT2D eigenvalue weighted by Crippen LogP contribution is 2.23. The Bertz CT molecular complexity index is 569. The first-order chi connectivity index (χ1) is 10.0. The van der Waals surface area contributed by atoms with Gasteiger partial charge in [-0.15, -0.1) is 0 Å². The van der Waals surface area contributed by atoms with E-state index in [1.807, 2.05) is 25.1 Å². The van der Waals surface area contributed by atoms with Gasteiger partial charge in [0.05, 0.1) is 19.0 Å². The molecule has 2 fully saturated rings. The average Bonchev–Trinajstić information content (AvgIpc) is 2.73. The number of hydrogen-bond acceptors (Lipinski definition) is 4. The summed E-state index contributed by atoms with van der Waals surface area (Å²) in [6.07, 6.45) is 0.328. The fraction of sp³-hybridized carbons (Fsp3) is 0.533. The summed E-state index contributed by atoms with van der Waals surface area (Å²) in [5.41, 5.74) is 0.910.